The summed E-state index contributed by atoms with van der Waals surface area (Å²) < 4.78 is 0. The second kappa shape index (κ2) is 5.62. The van der Waals surface area contributed by atoms with Crippen molar-refractivity contribution in [2.24, 2.45) is 0 Å². The number of carbonyl (C=O) groups is 3. The van der Waals surface area contributed by atoms with Crippen LogP contribution in [0.3, 0.4) is 0 Å². The summed E-state index contributed by atoms with van der Waals surface area (Å²) in [7, 11) is 0. The lowest BCUT2D eigenvalue weighted by molar-refractivity contribution is -0.132. The van der Waals surface area contributed by atoms with Gasteiger partial charge in [0.2, 0.25) is 5.91 Å². The summed E-state index contributed by atoms with van der Waals surface area (Å²) in [5, 5.41) is 19.8. The Bertz CT molecular complexity index is 533. The fraction of sp³-hybridized carbons (Fsp3) is 0.0833. The van der Waals surface area contributed by atoms with Gasteiger partial charge in [-0.25, -0.2) is 9.59 Å². The Morgan fingerprint density at radius 1 is 1.17 bits per heavy atom. The lowest BCUT2D eigenvalue weighted by Gasteiger charge is -2.06. The Morgan fingerprint density at radius 2 is 1.78 bits per heavy atom. The molecule has 0 aromatic heterocycles. The minimum atomic E-state index is -1.21. The van der Waals surface area contributed by atoms with Crippen molar-refractivity contribution in [1.82, 2.24) is 0 Å². The number of aliphatic carboxylic acids is 1. The molecule has 6 nitrogen and oxygen atoms in total. The van der Waals surface area contributed by atoms with Gasteiger partial charge in [-0.3, -0.25) is 4.79 Å². The fourth-order valence-corrected chi connectivity index (χ4v) is 1.21. The van der Waals surface area contributed by atoms with Gasteiger partial charge in [-0.2, -0.15) is 0 Å². The summed E-state index contributed by atoms with van der Waals surface area (Å²) in [6.07, 6.45) is 0.890. The van der Waals surface area contributed by atoms with Gasteiger partial charge in [-0.1, -0.05) is 12.1 Å². The Kier molecular flexibility index (Phi) is 4.20. The highest BCUT2D eigenvalue weighted by Crippen LogP contribution is 2.14. The number of hydrogen-bond acceptors (Lipinski definition) is 3. The van der Waals surface area contributed by atoms with Gasteiger partial charge in [0, 0.05) is 11.6 Å². The number of anilines is 1. The average molecular weight is 249 g/mol. The SMILES string of the molecule is C/C(=C\C(=O)Nc1ccccc1C(=O)O)C(=O)O. The van der Waals surface area contributed by atoms with Crippen LogP contribution in [-0.2, 0) is 9.59 Å². The summed E-state index contributed by atoms with van der Waals surface area (Å²) in [5.41, 5.74) is -0.0861. The molecule has 1 amide bonds. The first-order chi connectivity index (χ1) is 8.41. The Hall–Kier alpha value is -2.63. The zero-order valence-electron chi connectivity index (χ0n) is 9.51. The molecular formula is C12H11NO5. The molecule has 0 unspecified atom stereocenters. The third-order valence-corrected chi connectivity index (χ3v) is 2.10. The molecule has 0 aliphatic rings. The van der Waals surface area contributed by atoms with Crippen LogP contribution in [0.4, 0.5) is 5.69 Å². The van der Waals surface area contributed by atoms with E-state index in [4.69, 9.17) is 10.2 Å². The number of carbonyl (C=O) groups excluding carboxylic acids is 1. The molecule has 0 saturated heterocycles. The molecule has 1 rings (SSSR count). The second-order valence-electron chi connectivity index (χ2n) is 3.47. The minimum absolute atomic E-state index is 0.0628. The van der Waals surface area contributed by atoms with E-state index < -0.39 is 17.8 Å². The van der Waals surface area contributed by atoms with Gasteiger partial charge in [-0.05, 0) is 19.1 Å². The molecule has 94 valence electrons. The molecule has 0 spiro atoms. The monoisotopic (exact) mass is 249 g/mol. The van der Waals surface area contributed by atoms with Crippen LogP contribution in [0.2, 0.25) is 0 Å². The summed E-state index contributed by atoms with van der Waals surface area (Å²) in [6, 6.07) is 5.85. The summed E-state index contributed by atoms with van der Waals surface area (Å²) >= 11 is 0. The molecule has 6 heteroatoms. The largest absolute Gasteiger partial charge is 0.478 e. The maximum atomic E-state index is 11.5. The number of para-hydroxylation sites is 1. The van der Waals surface area contributed by atoms with Gasteiger partial charge in [0.15, 0.2) is 0 Å². The second-order valence-corrected chi connectivity index (χ2v) is 3.47. The number of hydrogen-bond donors (Lipinski definition) is 3. The average Bonchev–Trinajstić information content (AvgIpc) is 2.28. The van der Waals surface area contributed by atoms with Crippen molar-refractivity contribution in [2.45, 2.75) is 6.92 Å². The molecule has 3 N–H and O–H groups in total. The highest BCUT2D eigenvalue weighted by molar-refractivity contribution is 6.07. The molecule has 0 radical (unpaired) electrons. The van der Waals surface area contributed by atoms with E-state index in [1.54, 1.807) is 6.07 Å². The van der Waals surface area contributed by atoms with Crippen LogP contribution in [0.25, 0.3) is 0 Å². The number of carboxylic acids is 2. The van der Waals surface area contributed by atoms with Crippen molar-refractivity contribution in [3.8, 4) is 0 Å². The van der Waals surface area contributed by atoms with Crippen LogP contribution in [0.5, 0.6) is 0 Å². The number of carboxylic acid groups (broad SMARTS) is 2. The number of benzene rings is 1. The molecule has 0 aliphatic carbocycles. The zero-order chi connectivity index (χ0) is 13.7. The van der Waals surface area contributed by atoms with Crippen LogP contribution in [-0.4, -0.2) is 28.1 Å². The van der Waals surface area contributed by atoms with E-state index in [1.165, 1.54) is 25.1 Å². The first-order valence-corrected chi connectivity index (χ1v) is 4.96. The van der Waals surface area contributed by atoms with E-state index in [0.29, 0.717) is 0 Å². The Labute approximate surface area is 103 Å². The van der Waals surface area contributed by atoms with Crippen LogP contribution >= 0.6 is 0 Å². The van der Waals surface area contributed by atoms with E-state index in [-0.39, 0.29) is 16.8 Å². The molecule has 0 atom stereocenters. The standard InChI is InChI=1S/C12H11NO5/c1-7(11(15)16)6-10(14)13-9-5-3-2-4-8(9)12(17)18/h2-6H,1H3,(H,13,14)(H,15,16)(H,17,18)/b7-6+. The summed E-state index contributed by atoms with van der Waals surface area (Å²) in [4.78, 5) is 32.9. The molecule has 0 aliphatic heterocycles. The first kappa shape index (κ1) is 13.4. The van der Waals surface area contributed by atoms with Gasteiger partial charge < -0.3 is 15.5 Å². The number of aromatic carboxylic acids is 1. The van der Waals surface area contributed by atoms with Crippen LogP contribution in [0.1, 0.15) is 17.3 Å². The van der Waals surface area contributed by atoms with Crippen molar-refractivity contribution in [2.75, 3.05) is 5.32 Å². The predicted octanol–water partition coefficient (Wildman–Crippen LogP) is 1.35. The highest BCUT2D eigenvalue weighted by Gasteiger charge is 2.11. The van der Waals surface area contributed by atoms with Crippen LogP contribution in [0, 0.1) is 0 Å². The molecule has 0 saturated carbocycles. The molecular weight excluding hydrogens is 238 g/mol. The molecule has 0 fully saturated rings. The van der Waals surface area contributed by atoms with E-state index in [1.807, 2.05) is 0 Å². The Morgan fingerprint density at radius 3 is 2.33 bits per heavy atom. The molecule has 18 heavy (non-hydrogen) atoms. The van der Waals surface area contributed by atoms with Crippen molar-refractivity contribution < 1.29 is 24.6 Å². The van der Waals surface area contributed by atoms with Gasteiger partial charge in [0.1, 0.15) is 0 Å². The zero-order valence-corrected chi connectivity index (χ0v) is 9.51. The number of nitrogens with one attached hydrogen (secondary N) is 1. The van der Waals surface area contributed by atoms with Gasteiger partial charge in [-0.15, -0.1) is 0 Å². The van der Waals surface area contributed by atoms with E-state index in [9.17, 15) is 14.4 Å². The van der Waals surface area contributed by atoms with E-state index in [0.717, 1.165) is 6.08 Å². The van der Waals surface area contributed by atoms with Gasteiger partial charge in [0.05, 0.1) is 11.3 Å². The van der Waals surface area contributed by atoms with Crippen molar-refractivity contribution >= 4 is 23.5 Å². The lowest BCUT2D eigenvalue weighted by atomic mass is 10.1. The molecule has 0 bridgehead atoms. The quantitative estimate of drug-likeness (QED) is 0.699. The normalized spacial score (nSPS) is 10.8. The molecule has 0 heterocycles. The highest BCUT2D eigenvalue weighted by atomic mass is 16.4. The minimum Gasteiger partial charge on any atom is -0.478 e. The van der Waals surface area contributed by atoms with E-state index >= 15 is 0 Å². The molecule has 1 aromatic rings. The van der Waals surface area contributed by atoms with Gasteiger partial charge in [0.25, 0.3) is 0 Å². The third-order valence-electron chi connectivity index (χ3n) is 2.10. The van der Waals surface area contributed by atoms with E-state index in [2.05, 4.69) is 5.32 Å². The maximum Gasteiger partial charge on any atom is 0.337 e. The summed E-state index contributed by atoms with van der Waals surface area (Å²) in [5.74, 6) is -3.08. The summed E-state index contributed by atoms with van der Waals surface area (Å²) in [6.45, 7) is 1.27. The maximum absolute atomic E-state index is 11.5. The van der Waals surface area contributed by atoms with Gasteiger partial charge >= 0.3 is 11.9 Å². The van der Waals surface area contributed by atoms with Crippen LogP contribution < -0.4 is 5.32 Å². The third kappa shape index (κ3) is 3.44. The van der Waals surface area contributed by atoms with Crippen molar-refractivity contribution in [1.29, 1.82) is 0 Å². The first-order valence-electron chi connectivity index (χ1n) is 4.96. The topological polar surface area (TPSA) is 104 Å². The van der Waals surface area contributed by atoms with Crippen molar-refractivity contribution in [3.05, 3.63) is 41.5 Å². The smallest absolute Gasteiger partial charge is 0.337 e. The number of amides is 1. The molecule has 1 aromatic carbocycles. The Balaban J connectivity index is 2.92. The number of rotatable bonds is 4. The fourth-order valence-electron chi connectivity index (χ4n) is 1.21. The predicted molar refractivity (Wildman–Crippen MR) is 63.4 cm³/mol. The van der Waals surface area contributed by atoms with Crippen LogP contribution in [0.15, 0.2) is 35.9 Å². The van der Waals surface area contributed by atoms with Crippen molar-refractivity contribution in [3.63, 3.8) is 0 Å². The lowest BCUT2D eigenvalue weighted by Crippen LogP contribution is -2.13.